The van der Waals surface area contributed by atoms with E-state index in [9.17, 15) is 24.3 Å². The molecule has 34 heavy (non-hydrogen) atoms. The van der Waals surface area contributed by atoms with Crippen molar-refractivity contribution < 1.29 is 24.3 Å². The summed E-state index contributed by atoms with van der Waals surface area (Å²) in [6, 6.07) is -4.27. The van der Waals surface area contributed by atoms with Crippen LogP contribution in [0.25, 0.3) is 0 Å². The molecule has 4 atom stereocenters. The second-order valence-corrected chi connectivity index (χ2v) is 8.41. The van der Waals surface area contributed by atoms with Crippen LogP contribution in [-0.2, 0) is 32.0 Å². The normalized spacial score (nSPS) is 14.6. The highest BCUT2D eigenvalue weighted by molar-refractivity contribution is 7.80. The minimum atomic E-state index is -1.23. The van der Waals surface area contributed by atoms with Crippen molar-refractivity contribution in [2.75, 3.05) is 5.75 Å². The van der Waals surface area contributed by atoms with Gasteiger partial charge in [-0.2, -0.15) is 12.6 Å². The van der Waals surface area contributed by atoms with E-state index in [1.807, 2.05) is 0 Å². The molecule has 3 amide bonds. The standard InChI is InChI=1S/C20H30N8O5S/c1-10(2)16(19(31)26-14(20(32)33)4-12-6-23-9-25-12)28-18(30)15(7-34)27-17(29)13(21)3-11-5-22-8-24-11/h5-6,8-10,13-16,34H,3-4,7,21H2,1-2H3,(H,22,24)(H,23,25)(H,26,31)(H,27,29)(H,28,30)(H,32,33). The maximum atomic E-state index is 12.8. The summed E-state index contributed by atoms with van der Waals surface area (Å²) in [7, 11) is 0. The van der Waals surface area contributed by atoms with E-state index in [1.54, 1.807) is 20.0 Å². The van der Waals surface area contributed by atoms with Crippen LogP contribution in [-0.4, -0.2) is 78.7 Å². The summed E-state index contributed by atoms with van der Waals surface area (Å²) in [6.07, 6.45) is 6.05. The summed E-state index contributed by atoms with van der Waals surface area (Å²) in [6.45, 7) is 3.40. The number of carbonyl (C=O) groups is 4. The summed E-state index contributed by atoms with van der Waals surface area (Å²) in [5.41, 5.74) is 7.10. The lowest BCUT2D eigenvalue weighted by molar-refractivity contribution is -0.142. The molecule has 13 nitrogen and oxygen atoms in total. The first-order valence-corrected chi connectivity index (χ1v) is 11.2. The van der Waals surface area contributed by atoms with Gasteiger partial charge in [0.05, 0.1) is 18.7 Å². The molecule has 0 aromatic carbocycles. The van der Waals surface area contributed by atoms with Gasteiger partial charge in [-0.1, -0.05) is 13.8 Å². The molecule has 0 radical (unpaired) electrons. The predicted molar refractivity (Wildman–Crippen MR) is 125 cm³/mol. The minimum absolute atomic E-state index is 0.0105. The molecule has 14 heteroatoms. The Kier molecular flexibility index (Phi) is 10.1. The number of nitrogens with one attached hydrogen (secondary N) is 5. The predicted octanol–water partition coefficient (Wildman–Crippen LogP) is -1.63. The van der Waals surface area contributed by atoms with Crippen molar-refractivity contribution in [3.8, 4) is 0 Å². The molecule has 2 heterocycles. The van der Waals surface area contributed by atoms with E-state index in [0.717, 1.165) is 0 Å². The Morgan fingerprint density at radius 3 is 1.97 bits per heavy atom. The number of hydrogen-bond donors (Lipinski definition) is 8. The largest absolute Gasteiger partial charge is 0.480 e. The maximum Gasteiger partial charge on any atom is 0.326 e. The maximum absolute atomic E-state index is 12.8. The van der Waals surface area contributed by atoms with E-state index in [-0.39, 0.29) is 24.5 Å². The molecule has 4 unspecified atom stereocenters. The van der Waals surface area contributed by atoms with Crippen LogP contribution < -0.4 is 21.7 Å². The molecule has 2 rings (SSSR count). The first-order valence-electron chi connectivity index (χ1n) is 10.6. The molecule has 8 N–H and O–H groups in total. The molecule has 0 bridgehead atoms. The number of thiol groups is 1. The Labute approximate surface area is 201 Å². The van der Waals surface area contributed by atoms with Crippen molar-refractivity contribution >= 4 is 36.3 Å². The van der Waals surface area contributed by atoms with Gasteiger partial charge in [0.2, 0.25) is 17.7 Å². The molecule has 2 aromatic rings. The Morgan fingerprint density at radius 2 is 1.50 bits per heavy atom. The van der Waals surface area contributed by atoms with Crippen molar-refractivity contribution in [2.24, 2.45) is 11.7 Å². The lowest BCUT2D eigenvalue weighted by Gasteiger charge is -2.26. The zero-order chi connectivity index (χ0) is 25.3. The van der Waals surface area contributed by atoms with E-state index in [0.29, 0.717) is 11.4 Å². The summed E-state index contributed by atoms with van der Waals surface area (Å²) < 4.78 is 0. The number of nitrogens with zero attached hydrogens (tertiary/aromatic N) is 2. The molecule has 0 saturated heterocycles. The zero-order valence-electron chi connectivity index (χ0n) is 18.8. The van der Waals surface area contributed by atoms with Gasteiger partial charge in [-0.05, 0) is 5.92 Å². The fraction of sp³-hybridized carbons (Fsp3) is 0.500. The van der Waals surface area contributed by atoms with Crippen LogP contribution >= 0.6 is 12.6 Å². The first kappa shape index (κ1) is 26.9. The molecular weight excluding hydrogens is 464 g/mol. The number of amides is 3. The van der Waals surface area contributed by atoms with Crippen LogP contribution in [0.15, 0.2) is 25.0 Å². The molecular formula is C20H30N8O5S. The van der Waals surface area contributed by atoms with E-state index in [2.05, 4.69) is 48.5 Å². The summed E-state index contributed by atoms with van der Waals surface area (Å²) in [4.78, 5) is 63.0. The third kappa shape index (κ3) is 7.88. The number of imidazole rings is 2. The Hall–Kier alpha value is -3.39. The molecule has 2 aromatic heterocycles. The quantitative estimate of drug-likeness (QED) is 0.151. The van der Waals surface area contributed by atoms with Crippen LogP contribution in [0.3, 0.4) is 0 Å². The third-order valence-corrected chi connectivity index (χ3v) is 5.35. The lowest BCUT2D eigenvalue weighted by Crippen LogP contribution is -2.59. The van der Waals surface area contributed by atoms with Crippen LogP contribution in [0.1, 0.15) is 25.2 Å². The number of carboxylic acids is 1. The number of aromatic amines is 2. The molecule has 186 valence electrons. The van der Waals surface area contributed by atoms with Gasteiger partial charge in [-0.15, -0.1) is 0 Å². The molecule has 0 spiro atoms. The number of aromatic nitrogens is 4. The second-order valence-electron chi connectivity index (χ2n) is 8.04. The van der Waals surface area contributed by atoms with Gasteiger partial charge in [0, 0.05) is 42.4 Å². The number of carboxylic acid groups (broad SMARTS) is 1. The van der Waals surface area contributed by atoms with Crippen LogP contribution in [0.5, 0.6) is 0 Å². The summed E-state index contributed by atoms with van der Waals surface area (Å²) in [5, 5.41) is 17.0. The average molecular weight is 495 g/mol. The number of carbonyl (C=O) groups excluding carboxylic acids is 3. The van der Waals surface area contributed by atoms with Gasteiger partial charge in [0.25, 0.3) is 0 Å². The number of nitrogens with two attached hydrogens (primary N) is 1. The molecule has 0 fully saturated rings. The van der Waals surface area contributed by atoms with Crippen molar-refractivity contribution in [2.45, 2.75) is 50.9 Å². The van der Waals surface area contributed by atoms with Crippen molar-refractivity contribution in [1.29, 1.82) is 0 Å². The molecule has 0 aliphatic rings. The molecule has 0 aliphatic carbocycles. The van der Waals surface area contributed by atoms with E-state index in [1.165, 1.54) is 18.9 Å². The fourth-order valence-electron chi connectivity index (χ4n) is 3.07. The van der Waals surface area contributed by atoms with Gasteiger partial charge in [0.15, 0.2) is 0 Å². The topological polar surface area (TPSA) is 208 Å². The van der Waals surface area contributed by atoms with E-state index >= 15 is 0 Å². The minimum Gasteiger partial charge on any atom is -0.480 e. The van der Waals surface area contributed by atoms with Gasteiger partial charge >= 0.3 is 5.97 Å². The highest BCUT2D eigenvalue weighted by Gasteiger charge is 2.31. The summed E-state index contributed by atoms with van der Waals surface area (Å²) in [5.74, 6) is -3.53. The second kappa shape index (κ2) is 12.7. The first-order chi connectivity index (χ1) is 16.1. The molecule has 0 aliphatic heterocycles. The summed E-state index contributed by atoms with van der Waals surface area (Å²) >= 11 is 4.12. The molecule has 0 saturated carbocycles. The Balaban J connectivity index is 1.99. The SMILES string of the molecule is CC(C)C(NC(=O)C(CS)NC(=O)C(N)Cc1cnc[nH]1)C(=O)NC(Cc1cnc[nH]1)C(=O)O. The highest BCUT2D eigenvalue weighted by atomic mass is 32.1. The van der Waals surface area contributed by atoms with Gasteiger partial charge in [-0.25, -0.2) is 14.8 Å². The van der Waals surface area contributed by atoms with Crippen LogP contribution in [0.2, 0.25) is 0 Å². The van der Waals surface area contributed by atoms with Crippen LogP contribution in [0, 0.1) is 5.92 Å². The highest BCUT2D eigenvalue weighted by Crippen LogP contribution is 2.06. The van der Waals surface area contributed by atoms with Crippen LogP contribution in [0.4, 0.5) is 0 Å². The smallest absolute Gasteiger partial charge is 0.326 e. The van der Waals surface area contributed by atoms with Gasteiger partial charge < -0.3 is 36.8 Å². The zero-order valence-corrected chi connectivity index (χ0v) is 19.7. The van der Waals surface area contributed by atoms with Gasteiger partial charge in [-0.3, -0.25) is 14.4 Å². The van der Waals surface area contributed by atoms with E-state index in [4.69, 9.17) is 5.73 Å². The van der Waals surface area contributed by atoms with Gasteiger partial charge in [0.1, 0.15) is 18.1 Å². The Bertz CT molecular complexity index is 950. The lowest BCUT2D eigenvalue weighted by atomic mass is 10.0. The van der Waals surface area contributed by atoms with Crippen molar-refractivity contribution in [3.63, 3.8) is 0 Å². The third-order valence-electron chi connectivity index (χ3n) is 4.99. The number of hydrogen-bond acceptors (Lipinski definition) is 8. The Morgan fingerprint density at radius 1 is 0.941 bits per heavy atom. The number of H-pyrrole nitrogens is 2. The average Bonchev–Trinajstić information content (AvgIpc) is 3.48. The monoisotopic (exact) mass is 494 g/mol. The van der Waals surface area contributed by atoms with Crippen molar-refractivity contribution in [3.05, 3.63) is 36.4 Å². The van der Waals surface area contributed by atoms with E-state index < -0.39 is 47.9 Å². The number of rotatable bonds is 13. The fourth-order valence-corrected chi connectivity index (χ4v) is 3.32. The number of aliphatic carboxylic acids is 1. The van der Waals surface area contributed by atoms with Crippen molar-refractivity contribution in [1.82, 2.24) is 35.9 Å².